The number of imidazole rings is 1. The van der Waals surface area contributed by atoms with Crippen LogP contribution in [-0.4, -0.2) is 22.9 Å². The summed E-state index contributed by atoms with van der Waals surface area (Å²) in [7, 11) is -4.20. The summed E-state index contributed by atoms with van der Waals surface area (Å²) < 4.78 is 25.0. The molecule has 0 unspecified atom stereocenters. The number of hydrogen-bond donors (Lipinski definition) is 2. The van der Waals surface area contributed by atoms with Gasteiger partial charge >= 0.3 is 5.69 Å². The molecule has 0 aliphatic rings. The minimum absolute atomic E-state index is 0.0746. The zero-order chi connectivity index (χ0) is 17.9. The van der Waals surface area contributed by atoms with Gasteiger partial charge in [0.2, 0.25) is 10.0 Å². The van der Waals surface area contributed by atoms with Crippen molar-refractivity contribution in [3.8, 4) is 0 Å². The highest BCUT2D eigenvalue weighted by molar-refractivity contribution is 7.89. The molecule has 0 atom stereocenters. The second-order valence-electron chi connectivity index (χ2n) is 5.70. The fourth-order valence-corrected chi connectivity index (χ4v) is 3.05. The van der Waals surface area contributed by atoms with Crippen molar-refractivity contribution in [2.24, 2.45) is 11.1 Å². The van der Waals surface area contributed by atoms with Gasteiger partial charge in [0.25, 0.3) is 0 Å². The highest BCUT2D eigenvalue weighted by Crippen LogP contribution is 2.31. The summed E-state index contributed by atoms with van der Waals surface area (Å²) in [5, 5.41) is 19.2. The molecule has 0 bridgehead atoms. The Hall–Kier alpha value is -2.46. The summed E-state index contributed by atoms with van der Waals surface area (Å²) in [5.74, 6) is 1.11. The number of aromatic nitrogens is 2. The van der Waals surface area contributed by atoms with Crippen LogP contribution in [0, 0.1) is 16.0 Å². The van der Waals surface area contributed by atoms with E-state index in [1.807, 2.05) is 10.8 Å². The van der Waals surface area contributed by atoms with Crippen LogP contribution in [-0.2, 0) is 23.1 Å². The van der Waals surface area contributed by atoms with E-state index in [0.29, 0.717) is 11.7 Å². The molecule has 9 nitrogen and oxygen atoms in total. The maximum absolute atomic E-state index is 11.5. The number of nitro benzene ring substituents is 1. The molecule has 10 heteroatoms. The molecular formula is C14H19N5O4S. The summed E-state index contributed by atoms with van der Waals surface area (Å²) in [5.41, 5.74) is -0.493. The molecule has 130 valence electrons. The predicted molar refractivity (Wildman–Crippen MR) is 88.9 cm³/mol. The number of primary sulfonamides is 1. The molecule has 24 heavy (non-hydrogen) atoms. The van der Waals surface area contributed by atoms with Gasteiger partial charge in [-0.25, -0.2) is 18.5 Å². The van der Waals surface area contributed by atoms with Crippen molar-refractivity contribution in [2.45, 2.75) is 31.8 Å². The second kappa shape index (κ2) is 6.97. The fraction of sp³-hybridized carbons (Fsp3) is 0.357. The van der Waals surface area contributed by atoms with Gasteiger partial charge in [-0.2, -0.15) is 0 Å². The number of rotatable bonds is 7. The first kappa shape index (κ1) is 17.9. The maximum atomic E-state index is 11.5. The zero-order valence-corrected chi connectivity index (χ0v) is 14.2. The van der Waals surface area contributed by atoms with Crippen LogP contribution in [0.25, 0.3) is 0 Å². The maximum Gasteiger partial charge on any atom is 0.312 e. The van der Waals surface area contributed by atoms with Crippen molar-refractivity contribution in [3.63, 3.8) is 0 Å². The van der Waals surface area contributed by atoms with Crippen molar-refractivity contribution in [3.05, 3.63) is 46.5 Å². The smallest absolute Gasteiger partial charge is 0.312 e. The van der Waals surface area contributed by atoms with E-state index in [0.717, 1.165) is 12.6 Å². The zero-order valence-electron chi connectivity index (χ0n) is 13.3. The summed E-state index contributed by atoms with van der Waals surface area (Å²) in [6, 6.07) is 3.94. The molecule has 3 N–H and O–H groups in total. The predicted octanol–water partition coefficient (Wildman–Crippen LogP) is 1.71. The molecule has 0 amide bonds. The summed E-state index contributed by atoms with van der Waals surface area (Å²) >= 11 is 0. The molecule has 0 aliphatic carbocycles. The van der Waals surface area contributed by atoms with Gasteiger partial charge < -0.3 is 9.88 Å². The molecule has 0 radical (unpaired) electrons. The third kappa shape index (κ3) is 4.09. The van der Waals surface area contributed by atoms with E-state index >= 15 is 0 Å². The van der Waals surface area contributed by atoms with Gasteiger partial charge in [0.05, 0.1) is 11.5 Å². The average molecular weight is 353 g/mol. The number of nitrogens with two attached hydrogens (primary N) is 1. The number of sulfonamides is 1. The Morgan fingerprint density at radius 3 is 2.71 bits per heavy atom. The summed E-state index contributed by atoms with van der Waals surface area (Å²) in [4.78, 5) is 14.2. The van der Waals surface area contributed by atoms with Crippen molar-refractivity contribution in [2.75, 3.05) is 5.32 Å². The summed E-state index contributed by atoms with van der Waals surface area (Å²) in [6.07, 6.45) is 3.47. The topological polar surface area (TPSA) is 133 Å². The van der Waals surface area contributed by atoms with Gasteiger partial charge in [-0.15, -0.1) is 0 Å². The Morgan fingerprint density at radius 1 is 1.42 bits per heavy atom. The molecular weight excluding hydrogens is 334 g/mol. The largest absolute Gasteiger partial charge is 0.372 e. The quantitative estimate of drug-likeness (QED) is 0.575. The van der Waals surface area contributed by atoms with Gasteiger partial charge in [-0.1, -0.05) is 19.9 Å². The van der Waals surface area contributed by atoms with Gasteiger partial charge in [0.15, 0.2) is 4.90 Å². The third-order valence-electron chi connectivity index (χ3n) is 3.29. The minimum Gasteiger partial charge on any atom is -0.372 e. The first-order chi connectivity index (χ1) is 11.2. The van der Waals surface area contributed by atoms with E-state index in [-0.39, 0.29) is 12.2 Å². The number of para-hydroxylation sites is 1. The number of nitrogens with zero attached hydrogens (tertiary/aromatic N) is 3. The minimum atomic E-state index is -4.20. The lowest BCUT2D eigenvalue weighted by molar-refractivity contribution is -0.386. The van der Waals surface area contributed by atoms with E-state index in [2.05, 4.69) is 24.1 Å². The highest BCUT2D eigenvalue weighted by Gasteiger charge is 2.26. The fourth-order valence-electron chi connectivity index (χ4n) is 2.32. The SMILES string of the molecule is CC(C)Cn1ccnc1CNc1cccc(S(N)(=O)=O)c1[N+](=O)[O-]. The van der Waals surface area contributed by atoms with Crippen LogP contribution in [0.15, 0.2) is 35.5 Å². The normalized spacial score (nSPS) is 11.7. The summed E-state index contributed by atoms with van der Waals surface area (Å²) in [6.45, 7) is 5.11. The molecule has 0 fully saturated rings. The number of nitro groups is 1. The van der Waals surface area contributed by atoms with Gasteiger partial charge in [-0.05, 0) is 18.1 Å². The van der Waals surface area contributed by atoms with Crippen LogP contribution in [0.5, 0.6) is 0 Å². The van der Waals surface area contributed by atoms with Crippen molar-refractivity contribution in [1.29, 1.82) is 0 Å². The Kier molecular flexibility index (Phi) is 5.20. The van der Waals surface area contributed by atoms with E-state index < -0.39 is 25.5 Å². The lowest BCUT2D eigenvalue weighted by Crippen LogP contribution is -2.16. The molecule has 2 aromatic rings. The number of anilines is 1. The van der Waals surface area contributed by atoms with Crippen LogP contribution in [0.4, 0.5) is 11.4 Å². The Labute approximate surface area is 139 Å². The third-order valence-corrected chi connectivity index (χ3v) is 4.23. The molecule has 2 rings (SSSR count). The monoisotopic (exact) mass is 353 g/mol. The molecule has 0 saturated carbocycles. The van der Waals surface area contributed by atoms with Crippen molar-refractivity contribution < 1.29 is 13.3 Å². The number of benzene rings is 1. The Morgan fingerprint density at radius 2 is 2.12 bits per heavy atom. The standard InChI is InChI=1S/C14H19N5O4S/c1-10(2)9-18-7-6-16-13(18)8-17-11-4-3-5-12(24(15,22)23)14(11)19(20)21/h3-7,10,17H,8-9H2,1-2H3,(H2,15,22,23). The van der Waals surface area contributed by atoms with Gasteiger partial charge in [0, 0.05) is 18.9 Å². The van der Waals surface area contributed by atoms with Gasteiger partial charge in [0.1, 0.15) is 11.5 Å². The lowest BCUT2D eigenvalue weighted by Gasteiger charge is -2.12. The molecule has 0 aliphatic heterocycles. The van der Waals surface area contributed by atoms with Crippen molar-refractivity contribution >= 4 is 21.4 Å². The average Bonchev–Trinajstić information content (AvgIpc) is 2.90. The van der Waals surface area contributed by atoms with E-state index in [4.69, 9.17) is 5.14 Å². The molecule has 0 saturated heterocycles. The van der Waals surface area contributed by atoms with Gasteiger partial charge in [-0.3, -0.25) is 10.1 Å². The number of hydrogen-bond acceptors (Lipinski definition) is 6. The highest BCUT2D eigenvalue weighted by atomic mass is 32.2. The van der Waals surface area contributed by atoms with Crippen LogP contribution in [0.2, 0.25) is 0 Å². The van der Waals surface area contributed by atoms with E-state index in [9.17, 15) is 18.5 Å². The molecule has 1 heterocycles. The Balaban J connectivity index is 2.31. The van der Waals surface area contributed by atoms with Crippen LogP contribution >= 0.6 is 0 Å². The molecule has 1 aromatic carbocycles. The first-order valence-corrected chi connectivity index (χ1v) is 8.79. The van der Waals surface area contributed by atoms with Crippen molar-refractivity contribution in [1.82, 2.24) is 9.55 Å². The second-order valence-corrected chi connectivity index (χ2v) is 7.23. The first-order valence-electron chi connectivity index (χ1n) is 7.24. The lowest BCUT2D eigenvalue weighted by atomic mass is 10.2. The van der Waals surface area contributed by atoms with Crippen LogP contribution in [0.1, 0.15) is 19.7 Å². The Bertz CT molecular complexity index is 845. The number of nitrogens with one attached hydrogen (secondary N) is 1. The van der Waals surface area contributed by atoms with Crippen LogP contribution < -0.4 is 10.5 Å². The van der Waals surface area contributed by atoms with E-state index in [1.165, 1.54) is 12.1 Å². The molecule has 0 spiro atoms. The molecule has 1 aromatic heterocycles. The van der Waals surface area contributed by atoms with Crippen LogP contribution in [0.3, 0.4) is 0 Å². The van der Waals surface area contributed by atoms with E-state index in [1.54, 1.807) is 6.20 Å².